The molecule has 0 unspecified atom stereocenters. The van der Waals surface area contributed by atoms with Crippen LogP contribution < -0.4 is 10.2 Å². The van der Waals surface area contributed by atoms with Gasteiger partial charge in [0.2, 0.25) is 5.91 Å². The van der Waals surface area contributed by atoms with Crippen molar-refractivity contribution >= 4 is 23.3 Å². The van der Waals surface area contributed by atoms with E-state index in [1.54, 1.807) is 0 Å². The van der Waals surface area contributed by atoms with Crippen LogP contribution in [0, 0.1) is 11.8 Å². The molecule has 2 N–H and O–H groups in total. The molecular weight excluding hydrogens is 308 g/mol. The molecule has 0 bridgehead atoms. The molecule has 128 valence electrons. The summed E-state index contributed by atoms with van der Waals surface area (Å²) < 4.78 is 5.34. The molecule has 24 heavy (non-hydrogen) atoms. The summed E-state index contributed by atoms with van der Waals surface area (Å²) in [6.07, 6.45) is 4.59. The Bertz CT molecular complexity index is 620. The Morgan fingerprint density at radius 1 is 1.04 bits per heavy atom. The van der Waals surface area contributed by atoms with Gasteiger partial charge in [-0.15, -0.1) is 0 Å². The van der Waals surface area contributed by atoms with Crippen molar-refractivity contribution in [2.75, 3.05) is 36.5 Å². The van der Waals surface area contributed by atoms with E-state index in [1.165, 1.54) is 0 Å². The van der Waals surface area contributed by atoms with Gasteiger partial charge in [0.15, 0.2) is 0 Å². The minimum absolute atomic E-state index is 0.231. The minimum atomic E-state index is -0.915. The maximum absolute atomic E-state index is 12.4. The fourth-order valence-electron chi connectivity index (χ4n) is 3.19. The van der Waals surface area contributed by atoms with Gasteiger partial charge in [0, 0.05) is 24.5 Å². The monoisotopic (exact) mass is 330 g/mol. The SMILES string of the molecule is O=C(O)[C@H]1CC=CC[C@H]1C(=O)Nc1ccc(N2CCOCC2)cc1. The Balaban J connectivity index is 1.63. The smallest absolute Gasteiger partial charge is 0.307 e. The van der Waals surface area contributed by atoms with E-state index in [2.05, 4.69) is 10.2 Å². The number of hydrogen-bond donors (Lipinski definition) is 2. The predicted octanol–water partition coefficient (Wildman–Crippen LogP) is 2.13. The van der Waals surface area contributed by atoms with E-state index in [-0.39, 0.29) is 5.91 Å². The highest BCUT2D eigenvalue weighted by molar-refractivity contribution is 5.95. The van der Waals surface area contributed by atoms with Gasteiger partial charge < -0.3 is 20.1 Å². The highest BCUT2D eigenvalue weighted by Crippen LogP contribution is 2.27. The second kappa shape index (κ2) is 7.49. The maximum Gasteiger partial charge on any atom is 0.307 e. The molecule has 1 aromatic rings. The number of aliphatic carboxylic acids is 1. The van der Waals surface area contributed by atoms with Crippen LogP contribution in [0.4, 0.5) is 11.4 Å². The molecule has 1 fully saturated rings. The van der Waals surface area contributed by atoms with Crippen LogP contribution in [0.25, 0.3) is 0 Å². The van der Waals surface area contributed by atoms with Crippen molar-refractivity contribution < 1.29 is 19.4 Å². The molecule has 6 heteroatoms. The molecular formula is C18H22N2O4. The number of hydrogen-bond acceptors (Lipinski definition) is 4. The summed E-state index contributed by atoms with van der Waals surface area (Å²) in [6, 6.07) is 7.65. The molecule has 0 saturated carbocycles. The molecule has 1 aromatic carbocycles. The van der Waals surface area contributed by atoms with Gasteiger partial charge >= 0.3 is 5.97 Å². The summed E-state index contributed by atoms with van der Waals surface area (Å²) in [5.74, 6) is -2.32. The van der Waals surface area contributed by atoms with Gasteiger partial charge in [0.25, 0.3) is 0 Å². The van der Waals surface area contributed by atoms with Crippen LogP contribution in [0.15, 0.2) is 36.4 Å². The first-order valence-electron chi connectivity index (χ1n) is 8.26. The summed E-state index contributed by atoms with van der Waals surface area (Å²) in [5, 5.41) is 12.1. The molecule has 2 atom stereocenters. The zero-order chi connectivity index (χ0) is 16.9. The van der Waals surface area contributed by atoms with Crippen LogP contribution in [0.2, 0.25) is 0 Å². The Morgan fingerprint density at radius 2 is 1.67 bits per heavy atom. The quantitative estimate of drug-likeness (QED) is 0.827. The van der Waals surface area contributed by atoms with Gasteiger partial charge in [-0.2, -0.15) is 0 Å². The fraction of sp³-hybridized carbons (Fsp3) is 0.444. The summed E-state index contributed by atoms with van der Waals surface area (Å²) in [5.41, 5.74) is 1.79. The lowest BCUT2D eigenvalue weighted by Crippen LogP contribution is -2.36. The third-order valence-electron chi connectivity index (χ3n) is 4.60. The first-order valence-corrected chi connectivity index (χ1v) is 8.26. The van der Waals surface area contributed by atoms with Crippen LogP contribution in [0.5, 0.6) is 0 Å². The first-order chi connectivity index (χ1) is 11.6. The lowest BCUT2D eigenvalue weighted by atomic mass is 9.82. The normalized spacial score (nSPS) is 23.8. The predicted molar refractivity (Wildman–Crippen MR) is 91.1 cm³/mol. The molecule has 1 aliphatic carbocycles. The van der Waals surface area contributed by atoms with Crippen molar-refractivity contribution in [2.24, 2.45) is 11.8 Å². The number of carbonyl (C=O) groups is 2. The van der Waals surface area contributed by atoms with Gasteiger partial charge in [-0.3, -0.25) is 9.59 Å². The van der Waals surface area contributed by atoms with E-state index in [9.17, 15) is 14.7 Å². The van der Waals surface area contributed by atoms with E-state index in [0.29, 0.717) is 18.5 Å². The lowest BCUT2D eigenvalue weighted by molar-refractivity contribution is -0.146. The largest absolute Gasteiger partial charge is 0.481 e. The summed E-state index contributed by atoms with van der Waals surface area (Å²) in [7, 11) is 0. The highest BCUT2D eigenvalue weighted by atomic mass is 16.5. The van der Waals surface area contributed by atoms with E-state index >= 15 is 0 Å². The van der Waals surface area contributed by atoms with Gasteiger partial charge in [-0.05, 0) is 37.1 Å². The van der Waals surface area contributed by atoms with Gasteiger partial charge in [-0.1, -0.05) is 12.2 Å². The summed E-state index contributed by atoms with van der Waals surface area (Å²) in [6.45, 7) is 3.18. The molecule has 1 aliphatic heterocycles. The fourth-order valence-corrected chi connectivity index (χ4v) is 3.19. The third-order valence-corrected chi connectivity index (χ3v) is 4.60. The average molecular weight is 330 g/mol. The van der Waals surface area contributed by atoms with Crippen molar-refractivity contribution in [3.8, 4) is 0 Å². The van der Waals surface area contributed by atoms with Gasteiger partial charge in [0.05, 0.1) is 25.0 Å². The number of ether oxygens (including phenoxy) is 1. The van der Waals surface area contributed by atoms with Gasteiger partial charge in [-0.25, -0.2) is 0 Å². The zero-order valence-electron chi connectivity index (χ0n) is 13.5. The lowest BCUT2D eigenvalue weighted by Gasteiger charge is -2.29. The number of amides is 1. The molecule has 1 amide bonds. The van der Waals surface area contributed by atoms with Crippen molar-refractivity contribution in [1.29, 1.82) is 0 Å². The molecule has 0 radical (unpaired) electrons. The number of rotatable bonds is 4. The van der Waals surface area contributed by atoms with Crippen molar-refractivity contribution in [3.63, 3.8) is 0 Å². The minimum Gasteiger partial charge on any atom is -0.481 e. The molecule has 0 spiro atoms. The van der Waals surface area contributed by atoms with E-state index in [0.717, 1.165) is 32.0 Å². The van der Waals surface area contributed by atoms with E-state index < -0.39 is 17.8 Å². The number of carboxylic acid groups (broad SMARTS) is 1. The zero-order valence-corrected chi connectivity index (χ0v) is 13.5. The highest BCUT2D eigenvalue weighted by Gasteiger charge is 2.33. The number of anilines is 2. The van der Waals surface area contributed by atoms with Crippen molar-refractivity contribution in [2.45, 2.75) is 12.8 Å². The topological polar surface area (TPSA) is 78.9 Å². The van der Waals surface area contributed by atoms with Crippen molar-refractivity contribution in [1.82, 2.24) is 0 Å². The van der Waals surface area contributed by atoms with Crippen LogP contribution >= 0.6 is 0 Å². The van der Waals surface area contributed by atoms with Crippen LogP contribution in [-0.2, 0) is 14.3 Å². The number of carbonyl (C=O) groups excluding carboxylic acids is 1. The Kier molecular flexibility index (Phi) is 5.15. The molecule has 2 aliphatic rings. The summed E-state index contributed by atoms with van der Waals surface area (Å²) >= 11 is 0. The number of carboxylic acids is 1. The second-order valence-electron chi connectivity index (χ2n) is 6.13. The first kappa shape index (κ1) is 16.5. The van der Waals surface area contributed by atoms with Crippen molar-refractivity contribution in [3.05, 3.63) is 36.4 Å². The van der Waals surface area contributed by atoms with E-state index in [4.69, 9.17) is 4.74 Å². The standard InChI is InChI=1S/C18H22N2O4/c21-17(15-3-1-2-4-16(15)18(22)23)19-13-5-7-14(8-6-13)20-9-11-24-12-10-20/h1-2,5-8,15-16H,3-4,9-12H2,(H,19,21)(H,22,23)/t15-,16+/m1/s1. The summed E-state index contributed by atoms with van der Waals surface area (Å²) in [4.78, 5) is 26.0. The molecule has 0 aromatic heterocycles. The van der Waals surface area contributed by atoms with E-state index in [1.807, 2.05) is 36.4 Å². The molecule has 1 saturated heterocycles. The second-order valence-corrected chi connectivity index (χ2v) is 6.13. The van der Waals surface area contributed by atoms with Crippen LogP contribution in [0.3, 0.4) is 0 Å². The molecule has 6 nitrogen and oxygen atoms in total. The number of allylic oxidation sites excluding steroid dienone is 2. The number of nitrogens with zero attached hydrogens (tertiary/aromatic N) is 1. The number of morpholine rings is 1. The number of nitrogens with one attached hydrogen (secondary N) is 1. The van der Waals surface area contributed by atoms with Crippen LogP contribution in [0.1, 0.15) is 12.8 Å². The maximum atomic E-state index is 12.4. The number of benzene rings is 1. The molecule has 1 heterocycles. The third kappa shape index (κ3) is 3.76. The Labute approximate surface area is 141 Å². The Hall–Kier alpha value is -2.34. The average Bonchev–Trinajstić information content (AvgIpc) is 2.63. The molecule has 3 rings (SSSR count). The van der Waals surface area contributed by atoms with Crippen LogP contribution in [-0.4, -0.2) is 43.3 Å². The Morgan fingerprint density at radius 3 is 2.29 bits per heavy atom. The van der Waals surface area contributed by atoms with Gasteiger partial charge in [0.1, 0.15) is 0 Å².